The highest BCUT2D eigenvalue weighted by molar-refractivity contribution is 5.97. The fourth-order valence-corrected chi connectivity index (χ4v) is 2.34. The summed E-state index contributed by atoms with van der Waals surface area (Å²) in [5.41, 5.74) is 0.0346. The predicted octanol–water partition coefficient (Wildman–Crippen LogP) is 2.98. The van der Waals surface area contributed by atoms with Gasteiger partial charge in [-0.2, -0.15) is 0 Å². The molecule has 29 heavy (non-hydrogen) atoms. The number of carbonyl (C=O) groups is 2. The van der Waals surface area contributed by atoms with Crippen LogP contribution in [-0.4, -0.2) is 43.2 Å². The number of hydrogen-bond acceptors (Lipinski definition) is 7. The fraction of sp³-hybridized carbons (Fsp3) is 0.263. The molecule has 0 saturated heterocycles. The van der Waals surface area contributed by atoms with Crippen molar-refractivity contribution >= 4 is 28.9 Å². The average Bonchev–Trinajstić information content (AvgIpc) is 2.68. The van der Waals surface area contributed by atoms with Crippen LogP contribution in [0.3, 0.4) is 0 Å². The van der Waals surface area contributed by atoms with Crippen molar-refractivity contribution in [2.24, 2.45) is 0 Å². The van der Waals surface area contributed by atoms with E-state index in [2.05, 4.69) is 10.6 Å². The Morgan fingerprint density at radius 2 is 2.00 bits per heavy atom. The number of nitrogens with zero attached hydrogens (tertiary/aromatic N) is 1. The van der Waals surface area contributed by atoms with Gasteiger partial charge in [-0.1, -0.05) is 6.07 Å². The van der Waals surface area contributed by atoms with E-state index in [1.54, 1.807) is 0 Å². The van der Waals surface area contributed by atoms with Crippen molar-refractivity contribution in [1.82, 2.24) is 0 Å². The molecule has 0 fully saturated rings. The van der Waals surface area contributed by atoms with Crippen LogP contribution >= 0.6 is 0 Å². The van der Waals surface area contributed by atoms with E-state index < -0.39 is 28.7 Å². The number of rotatable bonds is 9. The first-order chi connectivity index (χ1) is 13.8. The molecule has 0 saturated carbocycles. The van der Waals surface area contributed by atoms with Crippen LogP contribution in [-0.2, 0) is 14.3 Å². The van der Waals surface area contributed by atoms with Gasteiger partial charge in [0.25, 0.3) is 11.6 Å². The number of benzene rings is 2. The van der Waals surface area contributed by atoms with Gasteiger partial charge in [-0.15, -0.1) is 0 Å². The lowest BCUT2D eigenvalue weighted by atomic mass is 10.1. The Bertz CT molecular complexity index is 905. The quantitative estimate of drug-likeness (QED) is 0.285. The van der Waals surface area contributed by atoms with Gasteiger partial charge in [0.1, 0.15) is 11.5 Å². The summed E-state index contributed by atoms with van der Waals surface area (Å²) in [4.78, 5) is 35.1. The zero-order valence-corrected chi connectivity index (χ0v) is 15.8. The summed E-state index contributed by atoms with van der Waals surface area (Å²) in [5, 5.41) is 16.5. The van der Waals surface area contributed by atoms with E-state index in [4.69, 9.17) is 9.47 Å². The van der Waals surface area contributed by atoms with Crippen molar-refractivity contribution in [1.29, 1.82) is 0 Å². The molecule has 0 aliphatic carbocycles. The second-order valence-electron chi connectivity index (χ2n) is 5.96. The zero-order chi connectivity index (χ0) is 21.4. The molecule has 1 atom stereocenters. The van der Waals surface area contributed by atoms with Crippen LogP contribution in [0.25, 0.3) is 0 Å². The summed E-state index contributed by atoms with van der Waals surface area (Å²) in [7, 11) is 1.50. The first-order valence-electron chi connectivity index (χ1n) is 8.60. The third kappa shape index (κ3) is 6.25. The molecule has 0 heterocycles. The van der Waals surface area contributed by atoms with E-state index in [0.717, 1.165) is 12.1 Å². The highest BCUT2D eigenvalue weighted by Crippen LogP contribution is 2.26. The van der Waals surface area contributed by atoms with E-state index in [1.165, 1.54) is 44.4 Å². The Kier molecular flexibility index (Phi) is 7.61. The number of nitro groups is 1. The largest absolute Gasteiger partial charge is 0.449 e. The Morgan fingerprint density at radius 3 is 2.66 bits per heavy atom. The third-order valence-electron chi connectivity index (χ3n) is 3.80. The van der Waals surface area contributed by atoms with Crippen LogP contribution in [0, 0.1) is 15.9 Å². The lowest BCUT2D eigenvalue weighted by Crippen LogP contribution is -2.30. The number of halogens is 1. The van der Waals surface area contributed by atoms with Gasteiger partial charge in [-0.05, 0) is 37.3 Å². The van der Waals surface area contributed by atoms with E-state index in [0.29, 0.717) is 13.2 Å². The van der Waals surface area contributed by atoms with Gasteiger partial charge in [0.15, 0.2) is 6.10 Å². The fourth-order valence-electron chi connectivity index (χ4n) is 2.34. The minimum atomic E-state index is -1.20. The van der Waals surface area contributed by atoms with E-state index >= 15 is 0 Å². The summed E-state index contributed by atoms with van der Waals surface area (Å²) in [5.74, 6) is -2.10. The van der Waals surface area contributed by atoms with Crippen LogP contribution in [0.1, 0.15) is 17.3 Å². The highest BCUT2D eigenvalue weighted by atomic mass is 19.1. The molecule has 2 N–H and O–H groups in total. The summed E-state index contributed by atoms with van der Waals surface area (Å²) < 4.78 is 23.1. The lowest BCUT2D eigenvalue weighted by Gasteiger charge is -2.14. The lowest BCUT2D eigenvalue weighted by molar-refractivity contribution is -0.384. The smallest absolute Gasteiger partial charge is 0.339 e. The van der Waals surface area contributed by atoms with Crippen LogP contribution in [0.15, 0.2) is 42.5 Å². The minimum Gasteiger partial charge on any atom is -0.449 e. The molecule has 0 radical (unpaired) electrons. The number of anilines is 2. The second kappa shape index (κ2) is 10.1. The molecular weight excluding hydrogens is 385 g/mol. The van der Waals surface area contributed by atoms with Crippen molar-refractivity contribution in [3.63, 3.8) is 0 Å². The summed E-state index contributed by atoms with van der Waals surface area (Å²) in [6, 6.07) is 9.03. The van der Waals surface area contributed by atoms with E-state index in [-0.39, 0.29) is 22.6 Å². The second-order valence-corrected chi connectivity index (χ2v) is 5.96. The number of ether oxygens (including phenoxy) is 2. The number of amides is 1. The molecule has 0 spiro atoms. The molecule has 10 heteroatoms. The maximum Gasteiger partial charge on any atom is 0.339 e. The van der Waals surface area contributed by atoms with Crippen LogP contribution in [0.2, 0.25) is 0 Å². The number of nitro benzene ring substituents is 1. The van der Waals surface area contributed by atoms with Crippen LogP contribution < -0.4 is 10.6 Å². The maximum absolute atomic E-state index is 13.2. The van der Waals surface area contributed by atoms with Crippen molar-refractivity contribution in [2.75, 3.05) is 30.9 Å². The van der Waals surface area contributed by atoms with Crippen LogP contribution in [0.5, 0.6) is 0 Å². The first-order valence-corrected chi connectivity index (χ1v) is 8.60. The van der Waals surface area contributed by atoms with Crippen LogP contribution in [0.4, 0.5) is 21.5 Å². The van der Waals surface area contributed by atoms with Crippen molar-refractivity contribution in [3.8, 4) is 0 Å². The molecule has 2 aromatic rings. The van der Waals surface area contributed by atoms with Crippen molar-refractivity contribution < 1.29 is 28.4 Å². The molecular formula is C19H20FN3O6. The molecule has 154 valence electrons. The Labute approximate surface area is 166 Å². The molecule has 0 aliphatic heterocycles. The normalized spacial score (nSPS) is 11.4. The molecule has 0 bridgehead atoms. The first kappa shape index (κ1) is 21.8. The van der Waals surface area contributed by atoms with Gasteiger partial charge in [0, 0.05) is 25.4 Å². The zero-order valence-electron chi connectivity index (χ0n) is 15.8. The summed E-state index contributed by atoms with van der Waals surface area (Å²) >= 11 is 0. The highest BCUT2D eigenvalue weighted by Gasteiger charge is 2.22. The topological polar surface area (TPSA) is 120 Å². The SMILES string of the molecule is COCCNc1ccc(C(=O)OC(C)C(=O)Nc2cccc(F)c2)cc1[N+](=O)[O-]. The van der Waals surface area contributed by atoms with Gasteiger partial charge in [0.05, 0.1) is 17.1 Å². The number of methoxy groups -OCH3 is 1. The molecule has 1 unspecified atom stereocenters. The Morgan fingerprint density at radius 1 is 1.24 bits per heavy atom. The average molecular weight is 405 g/mol. The Hall–Kier alpha value is -3.53. The van der Waals surface area contributed by atoms with Crippen molar-refractivity contribution in [3.05, 3.63) is 64.0 Å². The number of carbonyl (C=O) groups excluding carboxylic acids is 2. The summed E-state index contributed by atoms with van der Waals surface area (Å²) in [6.07, 6.45) is -1.20. The molecule has 2 rings (SSSR count). The molecule has 2 aromatic carbocycles. The van der Waals surface area contributed by atoms with E-state index in [9.17, 15) is 24.1 Å². The minimum absolute atomic E-state index is 0.0839. The maximum atomic E-state index is 13.2. The number of nitrogens with one attached hydrogen (secondary N) is 2. The number of esters is 1. The number of hydrogen-bond donors (Lipinski definition) is 2. The van der Waals surface area contributed by atoms with Gasteiger partial charge >= 0.3 is 5.97 Å². The Balaban J connectivity index is 2.05. The van der Waals surface area contributed by atoms with Gasteiger partial charge in [0.2, 0.25) is 0 Å². The molecule has 9 nitrogen and oxygen atoms in total. The van der Waals surface area contributed by atoms with Gasteiger partial charge < -0.3 is 20.1 Å². The monoisotopic (exact) mass is 405 g/mol. The molecule has 1 amide bonds. The third-order valence-corrected chi connectivity index (χ3v) is 3.80. The molecule has 0 aliphatic rings. The standard InChI is InChI=1S/C19H20FN3O6/c1-12(18(24)22-15-5-3-4-14(20)11-15)29-19(25)13-6-7-16(21-8-9-28-2)17(10-13)23(26)27/h3-7,10-12,21H,8-9H2,1-2H3,(H,22,24). The predicted molar refractivity (Wildman–Crippen MR) is 103 cm³/mol. The van der Waals surface area contributed by atoms with Gasteiger partial charge in [-0.25, -0.2) is 9.18 Å². The summed E-state index contributed by atoms with van der Waals surface area (Å²) in [6.45, 7) is 2.03. The van der Waals surface area contributed by atoms with Gasteiger partial charge in [-0.3, -0.25) is 14.9 Å². The van der Waals surface area contributed by atoms with E-state index in [1.807, 2.05) is 0 Å². The van der Waals surface area contributed by atoms with Crippen molar-refractivity contribution in [2.45, 2.75) is 13.0 Å². The molecule has 0 aromatic heterocycles.